The molecule has 1 saturated heterocycles. The molecule has 0 aliphatic carbocycles. The van der Waals surface area contributed by atoms with Crippen molar-refractivity contribution in [2.24, 2.45) is 0 Å². The van der Waals surface area contributed by atoms with E-state index in [0.717, 1.165) is 32.1 Å². The number of anilines is 1. The van der Waals surface area contributed by atoms with Gasteiger partial charge in [0, 0.05) is 18.0 Å². The zero-order valence-corrected chi connectivity index (χ0v) is 14.0. The fourth-order valence-corrected chi connectivity index (χ4v) is 3.20. The Kier molecular flexibility index (Phi) is 4.47. The maximum atomic E-state index is 12.6. The van der Waals surface area contributed by atoms with Gasteiger partial charge in [-0.3, -0.25) is 4.79 Å². The number of Topliss-reactive ketones (excluding diaryl/α,β-unsaturated/α-hetero) is 1. The van der Waals surface area contributed by atoms with E-state index in [0.29, 0.717) is 36.8 Å². The van der Waals surface area contributed by atoms with Crippen LogP contribution in [0.15, 0.2) is 36.7 Å². The third-order valence-corrected chi connectivity index (χ3v) is 4.58. The number of quaternary nitrogens is 1. The van der Waals surface area contributed by atoms with Crippen molar-refractivity contribution in [3.8, 4) is 11.5 Å². The van der Waals surface area contributed by atoms with Crippen molar-refractivity contribution in [2.45, 2.75) is 0 Å². The molecule has 2 aliphatic heterocycles. The molecule has 0 amide bonds. The monoisotopic (exact) mass is 341 g/mol. The van der Waals surface area contributed by atoms with Crippen molar-refractivity contribution < 1.29 is 19.2 Å². The molecule has 130 valence electrons. The zero-order valence-electron chi connectivity index (χ0n) is 14.0. The highest BCUT2D eigenvalue weighted by Crippen LogP contribution is 2.30. The summed E-state index contributed by atoms with van der Waals surface area (Å²) in [6.45, 7) is 5.08. The number of carbonyl (C=O) groups excluding carboxylic acids is 1. The van der Waals surface area contributed by atoms with Gasteiger partial charge in [-0.1, -0.05) is 0 Å². The summed E-state index contributed by atoms with van der Waals surface area (Å²) >= 11 is 0. The molecule has 2 aliphatic rings. The molecular formula is C18H21N4O3+. The summed E-state index contributed by atoms with van der Waals surface area (Å²) < 4.78 is 11.1. The molecule has 0 bridgehead atoms. The predicted molar refractivity (Wildman–Crippen MR) is 91.6 cm³/mol. The molecule has 0 radical (unpaired) electrons. The van der Waals surface area contributed by atoms with Crippen LogP contribution < -0.4 is 19.3 Å². The Morgan fingerprint density at radius 2 is 1.80 bits per heavy atom. The summed E-state index contributed by atoms with van der Waals surface area (Å²) in [5, 5.41) is 0. The van der Waals surface area contributed by atoms with E-state index in [2.05, 4.69) is 14.9 Å². The number of hydrogen-bond acceptors (Lipinski definition) is 6. The minimum Gasteiger partial charge on any atom is -0.486 e. The summed E-state index contributed by atoms with van der Waals surface area (Å²) in [4.78, 5) is 24.6. The predicted octanol–water partition coefficient (Wildman–Crippen LogP) is -0.164. The van der Waals surface area contributed by atoms with Crippen molar-refractivity contribution in [3.63, 3.8) is 0 Å². The lowest BCUT2D eigenvalue weighted by Gasteiger charge is -2.31. The average Bonchev–Trinajstić information content (AvgIpc) is 2.69. The van der Waals surface area contributed by atoms with Crippen LogP contribution in [0.25, 0.3) is 0 Å². The molecule has 3 heterocycles. The number of nitrogens with zero attached hydrogens (tertiary/aromatic N) is 3. The first-order chi connectivity index (χ1) is 12.3. The third-order valence-electron chi connectivity index (χ3n) is 4.58. The highest BCUT2D eigenvalue weighted by atomic mass is 16.6. The molecule has 0 atom stereocenters. The van der Waals surface area contributed by atoms with E-state index in [4.69, 9.17) is 9.47 Å². The van der Waals surface area contributed by atoms with Gasteiger partial charge >= 0.3 is 0 Å². The summed E-state index contributed by atoms with van der Waals surface area (Å²) in [6.07, 6.45) is 3.51. The van der Waals surface area contributed by atoms with Crippen LogP contribution >= 0.6 is 0 Å². The Balaban J connectivity index is 1.35. The second-order valence-electron chi connectivity index (χ2n) is 6.24. The highest BCUT2D eigenvalue weighted by molar-refractivity contribution is 5.97. The number of piperazine rings is 1. The SMILES string of the molecule is O=C(C[NH+]1CCN(c2ncccn2)CC1)c1ccc2c(c1)OCCO2. The Hall–Kier alpha value is -2.67. The van der Waals surface area contributed by atoms with Gasteiger partial charge in [-0.05, 0) is 24.3 Å². The van der Waals surface area contributed by atoms with Gasteiger partial charge in [-0.2, -0.15) is 0 Å². The van der Waals surface area contributed by atoms with Crippen LogP contribution in [0.3, 0.4) is 0 Å². The number of carbonyl (C=O) groups is 1. The third kappa shape index (κ3) is 3.56. The molecule has 7 heteroatoms. The van der Waals surface area contributed by atoms with E-state index < -0.39 is 0 Å². The summed E-state index contributed by atoms with van der Waals surface area (Å²) in [5.41, 5.74) is 0.686. The lowest BCUT2D eigenvalue weighted by molar-refractivity contribution is -0.892. The number of rotatable bonds is 4. The molecule has 1 aromatic heterocycles. The molecule has 25 heavy (non-hydrogen) atoms. The van der Waals surface area contributed by atoms with Gasteiger partial charge in [-0.15, -0.1) is 0 Å². The molecule has 0 saturated carbocycles. The molecule has 7 nitrogen and oxygen atoms in total. The second-order valence-corrected chi connectivity index (χ2v) is 6.24. The van der Waals surface area contributed by atoms with E-state index in [1.165, 1.54) is 4.90 Å². The van der Waals surface area contributed by atoms with Gasteiger partial charge in [0.05, 0.1) is 26.2 Å². The van der Waals surface area contributed by atoms with E-state index in [1.54, 1.807) is 18.5 Å². The van der Waals surface area contributed by atoms with Gasteiger partial charge < -0.3 is 19.3 Å². The molecule has 1 fully saturated rings. The molecular weight excluding hydrogens is 320 g/mol. The normalized spacial score (nSPS) is 17.4. The Morgan fingerprint density at radius 3 is 2.56 bits per heavy atom. The summed E-state index contributed by atoms with van der Waals surface area (Å²) in [7, 11) is 0. The first-order valence-corrected chi connectivity index (χ1v) is 8.58. The van der Waals surface area contributed by atoms with Crippen molar-refractivity contribution in [1.29, 1.82) is 0 Å². The summed E-state index contributed by atoms with van der Waals surface area (Å²) in [5.74, 6) is 2.28. The van der Waals surface area contributed by atoms with Crippen LogP contribution in [0, 0.1) is 0 Å². The molecule has 1 aromatic carbocycles. The van der Waals surface area contributed by atoms with Crippen molar-refractivity contribution in [1.82, 2.24) is 9.97 Å². The topological polar surface area (TPSA) is 69.0 Å². The number of ketones is 1. The van der Waals surface area contributed by atoms with Crippen molar-refractivity contribution in [3.05, 3.63) is 42.2 Å². The van der Waals surface area contributed by atoms with Crippen LogP contribution in [-0.2, 0) is 0 Å². The zero-order chi connectivity index (χ0) is 17.1. The van der Waals surface area contributed by atoms with Gasteiger partial charge in [0.25, 0.3) is 0 Å². The Bertz CT molecular complexity index is 745. The lowest BCUT2D eigenvalue weighted by Crippen LogP contribution is -3.15. The lowest BCUT2D eigenvalue weighted by atomic mass is 10.1. The quantitative estimate of drug-likeness (QED) is 0.779. The van der Waals surface area contributed by atoms with Gasteiger partial charge in [0.15, 0.2) is 11.5 Å². The number of benzene rings is 1. The van der Waals surface area contributed by atoms with Crippen molar-refractivity contribution in [2.75, 3.05) is 50.8 Å². The Morgan fingerprint density at radius 1 is 1.08 bits per heavy atom. The standard InChI is InChI=1S/C18H20N4O3/c23-15(14-2-3-16-17(12-14)25-11-10-24-16)13-21-6-8-22(9-7-21)18-19-4-1-5-20-18/h1-5,12H,6-11,13H2/p+1. The van der Waals surface area contributed by atoms with Crippen LogP contribution in [0.2, 0.25) is 0 Å². The minimum absolute atomic E-state index is 0.136. The molecule has 1 N–H and O–H groups in total. The first-order valence-electron chi connectivity index (χ1n) is 8.58. The average molecular weight is 341 g/mol. The number of ether oxygens (including phenoxy) is 2. The molecule has 4 rings (SSSR count). The molecule has 2 aromatic rings. The van der Waals surface area contributed by atoms with Gasteiger partial charge in [0.1, 0.15) is 19.8 Å². The van der Waals surface area contributed by atoms with Crippen molar-refractivity contribution >= 4 is 11.7 Å². The summed E-state index contributed by atoms with van der Waals surface area (Å²) in [6, 6.07) is 7.26. The first kappa shape index (κ1) is 15.8. The number of aromatic nitrogens is 2. The fourth-order valence-electron chi connectivity index (χ4n) is 3.20. The van der Waals surface area contributed by atoms with E-state index in [9.17, 15) is 4.79 Å². The van der Waals surface area contributed by atoms with Gasteiger partial charge in [0.2, 0.25) is 11.7 Å². The van der Waals surface area contributed by atoms with Gasteiger partial charge in [-0.25, -0.2) is 9.97 Å². The largest absolute Gasteiger partial charge is 0.486 e. The van der Waals surface area contributed by atoms with E-state index >= 15 is 0 Å². The smallest absolute Gasteiger partial charge is 0.225 e. The van der Waals surface area contributed by atoms with Crippen LogP contribution in [0.1, 0.15) is 10.4 Å². The van der Waals surface area contributed by atoms with Crippen LogP contribution in [0.4, 0.5) is 5.95 Å². The molecule has 0 spiro atoms. The van der Waals surface area contributed by atoms with E-state index in [-0.39, 0.29) is 5.78 Å². The Labute approximate surface area is 146 Å². The van der Waals surface area contributed by atoms with Crippen LogP contribution in [-0.4, -0.2) is 61.7 Å². The number of nitrogens with one attached hydrogen (secondary N) is 1. The van der Waals surface area contributed by atoms with E-state index in [1.807, 2.05) is 18.2 Å². The fraction of sp³-hybridized carbons (Fsp3) is 0.389. The van der Waals surface area contributed by atoms with Crippen LogP contribution in [0.5, 0.6) is 11.5 Å². The second kappa shape index (κ2) is 7.06. The maximum Gasteiger partial charge on any atom is 0.225 e. The molecule has 0 unspecified atom stereocenters. The maximum absolute atomic E-state index is 12.6. The number of fused-ring (bicyclic) bond motifs is 1. The number of hydrogen-bond donors (Lipinski definition) is 1. The minimum atomic E-state index is 0.136. The highest BCUT2D eigenvalue weighted by Gasteiger charge is 2.24.